The molecule has 0 unspecified atom stereocenters. The summed E-state index contributed by atoms with van der Waals surface area (Å²) in [6.07, 6.45) is 0. The lowest BCUT2D eigenvalue weighted by atomic mass is 10.2. The Morgan fingerprint density at radius 1 is 1.29 bits per heavy atom. The van der Waals surface area contributed by atoms with Gasteiger partial charge in [-0.3, -0.25) is 4.79 Å². The lowest BCUT2D eigenvalue weighted by Gasteiger charge is -2.08. The monoisotopic (exact) mass is 229 g/mol. The van der Waals surface area contributed by atoms with Gasteiger partial charge in [-0.05, 0) is 31.2 Å². The fraction of sp³-hybridized carbons (Fsp3) is 0.231. The number of carbonyl (C=O) groups is 1. The molecular formula is C13H15N3O. The maximum atomic E-state index is 11.1. The topological polar surface area (TPSA) is 54.0 Å². The highest BCUT2D eigenvalue weighted by molar-refractivity contribution is 6.00. The molecule has 1 amide bonds. The maximum absolute atomic E-state index is 11.1. The highest BCUT2D eigenvalue weighted by atomic mass is 16.1. The Balaban J connectivity index is 2.47. The van der Waals surface area contributed by atoms with Gasteiger partial charge in [-0.2, -0.15) is 0 Å². The van der Waals surface area contributed by atoms with Gasteiger partial charge in [0.25, 0.3) is 0 Å². The molecule has 1 aromatic carbocycles. The zero-order valence-corrected chi connectivity index (χ0v) is 9.95. The zero-order chi connectivity index (χ0) is 12.3. The largest absolute Gasteiger partial charge is 0.370 e. The fourth-order valence-corrected chi connectivity index (χ4v) is 1.73. The van der Waals surface area contributed by atoms with Gasteiger partial charge in [0.05, 0.1) is 11.2 Å². The van der Waals surface area contributed by atoms with E-state index in [1.54, 1.807) is 0 Å². The second-order valence-corrected chi connectivity index (χ2v) is 3.78. The molecule has 1 aromatic heterocycles. The van der Waals surface area contributed by atoms with E-state index in [9.17, 15) is 4.79 Å². The second kappa shape index (κ2) is 4.82. The molecule has 17 heavy (non-hydrogen) atoms. The summed E-state index contributed by atoms with van der Waals surface area (Å²) in [6, 6.07) is 9.57. The SMILES string of the molecule is CCNc1ccc2c(NC(C)=O)cccc2n1. The van der Waals surface area contributed by atoms with Crippen LogP contribution in [0.15, 0.2) is 30.3 Å². The first-order chi connectivity index (χ1) is 8.20. The third-order valence-electron chi connectivity index (χ3n) is 2.40. The molecule has 2 rings (SSSR count). The smallest absolute Gasteiger partial charge is 0.221 e. The first kappa shape index (κ1) is 11.4. The van der Waals surface area contributed by atoms with Crippen molar-refractivity contribution in [2.45, 2.75) is 13.8 Å². The van der Waals surface area contributed by atoms with Crippen molar-refractivity contribution in [3.05, 3.63) is 30.3 Å². The van der Waals surface area contributed by atoms with Crippen LogP contribution in [0.5, 0.6) is 0 Å². The molecule has 0 aliphatic carbocycles. The van der Waals surface area contributed by atoms with Crippen molar-refractivity contribution >= 4 is 28.3 Å². The Labute approximate surface area is 100 Å². The lowest BCUT2D eigenvalue weighted by Crippen LogP contribution is -2.06. The van der Waals surface area contributed by atoms with Gasteiger partial charge in [-0.15, -0.1) is 0 Å². The lowest BCUT2D eigenvalue weighted by molar-refractivity contribution is -0.114. The molecule has 0 aliphatic rings. The number of carbonyl (C=O) groups excluding carboxylic acids is 1. The molecule has 4 heteroatoms. The van der Waals surface area contributed by atoms with E-state index >= 15 is 0 Å². The molecule has 1 heterocycles. The number of hydrogen-bond donors (Lipinski definition) is 2. The van der Waals surface area contributed by atoms with E-state index in [1.807, 2.05) is 37.3 Å². The van der Waals surface area contributed by atoms with E-state index in [0.717, 1.165) is 29.0 Å². The van der Waals surface area contributed by atoms with Crippen LogP contribution in [0.3, 0.4) is 0 Å². The molecule has 0 radical (unpaired) electrons. The standard InChI is InChI=1S/C13H15N3O/c1-3-14-13-8-7-10-11(15-9(2)17)5-4-6-12(10)16-13/h4-8H,3H2,1-2H3,(H,14,16)(H,15,17). The van der Waals surface area contributed by atoms with Gasteiger partial charge in [0.1, 0.15) is 5.82 Å². The average Bonchev–Trinajstić information content (AvgIpc) is 2.29. The number of rotatable bonds is 3. The van der Waals surface area contributed by atoms with Gasteiger partial charge < -0.3 is 10.6 Å². The maximum Gasteiger partial charge on any atom is 0.221 e. The van der Waals surface area contributed by atoms with Gasteiger partial charge in [0.15, 0.2) is 0 Å². The van der Waals surface area contributed by atoms with Crippen LogP contribution in [0.4, 0.5) is 11.5 Å². The highest BCUT2D eigenvalue weighted by Crippen LogP contribution is 2.23. The van der Waals surface area contributed by atoms with Gasteiger partial charge in [0, 0.05) is 18.9 Å². The van der Waals surface area contributed by atoms with Crippen LogP contribution < -0.4 is 10.6 Å². The third-order valence-corrected chi connectivity index (χ3v) is 2.40. The van der Waals surface area contributed by atoms with E-state index in [1.165, 1.54) is 6.92 Å². The summed E-state index contributed by atoms with van der Waals surface area (Å²) in [5, 5.41) is 6.91. The molecule has 0 saturated heterocycles. The van der Waals surface area contributed by atoms with E-state index < -0.39 is 0 Å². The third kappa shape index (κ3) is 2.53. The summed E-state index contributed by atoms with van der Waals surface area (Å²) in [4.78, 5) is 15.6. The summed E-state index contributed by atoms with van der Waals surface area (Å²) in [6.45, 7) is 4.36. The number of fused-ring (bicyclic) bond motifs is 1. The molecule has 0 bridgehead atoms. The molecule has 2 aromatic rings. The minimum atomic E-state index is -0.0757. The van der Waals surface area contributed by atoms with E-state index in [2.05, 4.69) is 15.6 Å². The van der Waals surface area contributed by atoms with Crippen LogP contribution in [-0.4, -0.2) is 17.4 Å². The molecular weight excluding hydrogens is 214 g/mol. The van der Waals surface area contributed by atoms with E-state index in [0.29, 0.717) is 0 Å². The number of aromatic nitrogens is 1. The molecule has 0 fully saturated rings. The average molecular weight is 229 g/mol. The first-order valence-electron chi connectivity index (χ1n) is 5.62. The number of amides is 1. The van der Waals surface area contributed by atoms with Crippen LogP contribution in [0.1, 0.15) is 13.8 Å². The summed E-state index contributed by atoms with van der Waals surface area (Å²) < 4.78 is 0. The second-order valence-electron chi connectivity index (χ2n) is 3.78. The van der Waals surface area contributed by atoms with Crippen molar-refractivity contribution < 1.29 is 4.79 Å². The number of anilines is 2. The molecule has 4 nitrogen and oxygen atoms in total. The molecule has 0 saturated carbocycles. The minimum absolute atomic E-state index is 0.0757. The van der Waals surface area contributed by atoms with Crippen molar-refractivity contribution in [2.75, 3.05) is 17.2 Å². The Bertz CT molecular complexity index is 551. The first-order valence-corrected chi connectivity index (χ1v) is 5.62. The van der Waals surface area contributed by atoms with Crippen molar-refractivity contribution in [3.8, 4) is 0 Å². The fourth-order valence-electron chi connectivity index (χ4n) is 1.73. The van der Waals surface area contributed by atoms with Gasteiger partial charge >= 0.3 is 0 Å². The number of nitrogens with one attached hydrogen (secondary N) is 2. The van der Waals surface area contributed by atoms with Gasteiger partial charge in [0.2, 0.25) is 5.91 Å². The molecule has 0 spiro atoms. The number of pyridine rings is 1. The summed E-state index contributed by atoms with van der Waals surface area (Å²) in [5.41, 5.74) is 1.67. The predicted molar refractivity (Wildman–Crippen MR) is 70.2 cm³/mol. The Hall–Kier alpha value is -2.10. The Morgan fingerprint density at radius 2 is 2.12 bits per heavy atom. The van der Waals surface area contributed by atoms with Crippen LogP contribution >= 0.6 is 0 Å². The van der Waals surface area contributed by atoms with Crippen molar-refractivity contribution in [2.24, 2.45) is 0 Å². The van der Waals surface area contributed by atoms with Crippen molar-refractivity contribution in [1.82, 2.24) is 4.98 Å². The van der Waals surface area contributed by atoms with Crippen LogP contribution in [0, 0.1) is 0 Å². The van der Waals surface area contributed by atoms with Crippen LogP contribution in [0.25, 0.3) is 10.9 Å². The number of benzene rings is 1. The number of nitrogens with zero attached hydrogens (tertiary/aromatic N) is 1. The van der Waals surface area contributed by atoms with Crippen LogP contribution in [0.2, 0.25) is 0 Å². The van der Waals surface area contributed by atoms with Crippen molar-refractivity contribution in [1.29, 1.82) is 0 Å². The van der Waals surface area contributed by atoms with Crippen LogP contribution in [-0.2, 0) is 4.79 Å². The minimum Gasteiger partial charge on any atom is -0.370 e. The summed E-state index contributed by atoms with van der Waals surface area (Å²) in [5.74, 6) is 0.772. The van der Waals surface area contributed by atoms with Gasteiger partial charge in [-0.1, -0.05) is 6.07 Å². The molecule has 2 N–H and O–H groups in total. The highest BCUT2D eigenvalue weighted by Gasteiger charge is 2.03. The molecule has 0 aliphatic heterocycles. The van der Waals surface area contributed by atoms with E-state index in [4.69, 9.17) is 0 Å². The Morgan fingerprint density at radius 3 is 2.82 bits per heavy atom. The molecule has 88 valence electrons. The normalized spacial score (nSPS) is 10.2. The van der Waals surface area contributed by atoms with Gasteiger partial charge in [-0.25, -0.2) is 4.98 Å². The quantitative estimate of drug-likeness (QED) is 0.850. The zero-order valence-electron chi connectivity index (χ0n) is 9.95. The summed E-state index contributed by atoms with van der Waals surface area (Å²) in [7, 11) is 0. The predicted octanol–water partition coefficient (Wildman–Crippen LogP) is 2.63. The summed E-state index contributed by atoms with van der Waals surface area (Å²) >= 11 is 0. The Kier molecular flexibility index (Phi) is 3.23. The van der Waals surface area contributed by atoms with E-state index in [-0.39, 0.29) is 5.91 Å². The number of hydrogen-bond acceptors (Lipinski definition) is 3. The van der Waals surface area contributed by atoms with Crippen molar-refractivity contribution in [3.63, 3.8) is 0 Å². The molecule has 0 atom stereocenters.